The number of amides is 2. The molecule has 1 saturated heterocycles. The van der Waals surface area contributed by atoms with Gasteiger partial charge < -0.3 is 19.9 Å². The summed E-state index contributed by atoms with van der Waals surface area (Å²) in [6.45, 7) is 5.83. The van der Waals surface area contributed by atoms with Gasteiger partial charge in [-0.05, 0) is 36.2 Å². The van der Waals surface area contributed by atoms with Crippen LogP contribution in [0.25, 0.3) is 0 Å². The zero-order chi connectivity index (χ0) is 19.2. The number of carbonyl (C=O) groups is 1. The van der Waals surface area contributed by atoms with Gasteiger partial charge in [-0.3, -0.25) is 0 Å². The second-order valence-electron chi connectivity index (χ2n) is 6.81. The fourth-order valence-corrected chi connectivity index (χ4v) is 3.32. The van der Waals surface area contributed by atoms with Crippen molar-refractivity contribution >= 4 is 23.3 Å². The first-order chi connectivity index (χ1) is 13.0. The van der Waals surface area contributed by atoms with E-state index in [-0.39, 0.29) is 12.1 Å². The van der Waals surface area contributed by atoms with Gasteiger partial charge in [-0.1, -0.05) is 41.9 Å². The van der Waals surface area contributed by atoms with E-state index in [0.29, 0.717) is 11.6 Å². The Morgan fingerprint density at radius 2 is 1.85 bits per heavy atom. The Bertz CT molecular complexity index is 760. The topological polar surface area (TPSA) is 44.8 Å². The number of rotatable bonds is 5. The zero-order valence-electron chi connectivity index (χ0n) is 15.8. The molecule has 1 N–H and O–H groups in total. The van der Waals surface area contributed by atoms with E-state index in [0.717, 1.165) is 37.4 Å². The maximum absolute atomic E-state index is 12.5. The zero-order valence-corrected chi connectivity index (χ0v) is 16.6. The number of benzene rings is 2. The highest BCUT2D eigenvalue weighted by molar-refractivity contribution is 6.31. The number of halogens is 1. The molecule has 0 aliphatic carbocycles. The minimum Gasteiger partial charge on any atom is -0.378 e. The SMILES string of the molecule is CC(NC(=O)N(C)Cc1ccccc1Cl)c1ccc(N2CCOCC2)cc1. The Kier molecular flexibility index (Phi) is 6.58. The number of hydrogen-bond acceptors (Lipinski definition) is 3. The lowest BCUT2D eigenvalue weighted by molar-refractivity contribution is 0.122. The van der Waals surface area contributed by atoms with Crippen LogP contribution in [0.5, 0.6) is 0 Å². The molecule has 5 nitrogen and oxygen atoms in total. The third-order valence-corrected chi connectivity index (χ3v) is 5.19. The van der Waals surface area contributed by atoms with Crippen molar-refractivity contribution in [2.24, 2.45) is 0 Å². The van der Waals surface area contributed by atoms with Gasteiger partial charge in [0.1, 0.15) is 0 Å². The molecule has 1 unspecified atom stereocenters. The van der Waals surface area contributed by atoms with E-state index in [1.165, 1.54) is 5.69 Å². The molecule has 2 amide bonds. The second-order valence-corrected chi connectivity index (χ2v) is 7.22. The lowest BCUT2D eigenvalue weighted by Crippen LogP contribution is -2.38. The van der Waals surface area contributed by atoms with Crippen LogP contribution in [-0.2, 0) is 11.3 Å². The molecule has 144 valence electrons. The van der Waals surface area contributed by atoms with Crippen LogP contribution < -0.4 is 10.2 Å². The monoisotopic (exact) mass is 387 g/mol. The summed E-state index contributed by atoms with van der Waals surface area (Å²) in [7, 11) is 1.77. The molecule has 0 radical (unpaired) electrons. The molecule has 0 aromatic heterocycles. The first kappa shape index (κ1) is 19.5. The number of carbonyl (C=O) groups excluding carboxylic acids is 1. The van der Waals surface area contributed by atoms with Gasteiger partial charge in [0.2, 0.25) is 0 Å². The minimum atomic E-state index is -0.125. The van der Waals surface area contributed by atoms with Crippen molar-refractivity contribution in [2.45, 2.75) is 19.5 Å². The first-order valence-electron chi connectivity index (χ1n) is 9.22. The van der Waals surface area contributed by atoms with Crippen molar-refractivity contribution in [1.82, 2.24) is 10.2 Å². The molecule has 2 aromatic carbocycles. The fraction of sp³-hybridized carbons (Fsp3) is 0.381. The van der Waals surface area contributed by atoms with Crippen LogP contribution in [0.2, 0.25) is 5.02 Å². The van der Waals surface area contributed by atoms with Gasteiger partial charge >= 0.3 is 6.03 Å². The number of ether oxygens (including phenoxy) is 1. The average molecular weight is 388 g/mol. The van der Waals surface area contributed by atoms with Crippen LogP contribution in [0.3, 0.4) is 0 Å². The van der Waals surface area contributed by atoms with Crippen LogP contribution in [0.15, 0.2) is 48.5 Å². The third kappa shape index (κ3) is 5.15. The summed E-state index contributed by atoms with van der Waals surface area (Å²) >= 11 is 6.18. The second kappa shape index (κ2) is 9.11. The molecule has 1 fully saturated rings. The summed E-state index contributed by atoms with van der Waals surface area (Å²) < 4.78 is 5.40. The lowest BCUT2D eigenvalue weighted by atomic mass is 10.1. The summed E-state index contributed by atoms with van der Waals surface area (Å²) in [6.07, 6.45) is 0. The minimum absolute atomic E-state index is 0.0788. The van der Waals surface area contributed by atoms with Crippen LogP contribution >= 0.6 is 11.6 Å². The van der Waals surface area contributed by atoms with Crippen LogP contribution in [-0.4, -0.2) is 44.3 Å². The van der Waals surface area contributed by atoms with Gasteiger partial charge in [-0.25, -0.2) is 4.79 Å². The Morgan fingerprint density at radius 3 is 2.52 bits per heavy atom. The van der Waals surface area contributed by atoms with E-state index in [1.54, 1.807) is 11.9 Å². The Labute approximate surface area is 165 Å². The molecule has 1 aliphatic heterocycles. The van der Waals surface area contributed by atoms with Crippen molar-refractivity contribution < 1.29 is 9.53 Å². The van der Waals surface area contributed by atoms with Crippen molar-refractivity contribution in [2.75, 3.05) is 38.3 Å². The molecule has 0 saturated carbocycles. The van der Waals surface area contributed by atoms with E-state index >= 15 is 0 Å². The molecule has 3 rings (SSSR count). The van der Waals surface area contributed by atoms with Gasteiger partial charge in [-0.2, -0.15) is 0 Å². The van der Waals surface area contributed by atoms with Crippen LogP contribution in [0.4, 0.5) is 10.5 Å². The van der Waals surface area contributed by atoms with E-state index in [2.05, 4.69) is 34.5 Å². The smallest absolute Gasteiger partial charge is 0.317 e. The van der Waals surface area contributed by atoms with Gasteiger partial charge in [0.15, 0.2) is 0 Å². The summed E-state index contributed by atoms with van der Waals surface area (Å²) in [6, 6.07) is 15.7. The third-order valence-electron chi connectivity index (χ3n) is 4.82. The Balaban J connectivity index is 1.56. The summed E-state index contributed by atoms with van der Waals surface area (Å²) in [5.41, 5.74) is 3.20. The number of nitrogens with one attached hydrogen (secondary N) is 1. The average Bonchev–Trinajstić information content (AvgIpc) is 2.70. The summed E-state index contributed by atoms with van der Waals surface area (Å²) in [5.74, 6) is 0. The molecule has 1 heterocycles. The van der Waals surface area contributed by atoms with Gasteiger partial charge in [0.25, 0.3) is 0 Å². The number of anilines is 1. The Morgan fingerprint density at radius 1 is 1.19 bits per heavy atom. The molecule has 1 atom stereocenters. The normalized spacial score (nSPS) is 15.3. The number of nitrogens with zero attached hydrogens (tertiary/aromatic N) is 2. The van der Waals surface area contributed by atoms with Crippen molar-refractivity contribution in [1.29, 1.82) is 0 Å². The van der Waals surface area contributed by atoms with E-state index in [4.69, 9.17) is 16.3 Å². The van der Waals surface area contributed by atoms with Crippen molar-refractivity contribution in [3.8, 4) is 0 Å². The highest BCUT2D eigenvalue weighted by atomic mass is 35.5. The lowest BCUT2D eigenvalue weighted by Gasteiger charge is -2.29. The van der Waals surface area contributed by atoms with Crippen LogP contribution in [0, 0.1) is 0 Å². The first-order valence-corrected chi connectivity index (χ1v) is 9.60. The predicted octanol–water partition coefficient (Wildman–Crippen LogP) is 4.08. The number of hydrogen-bond donors (Lipinski definition) is 1. The molecule has 27 heavy (non-hydrogen) atoms. The molecule has 1 aliphatic rings. The molecular formula is C21H26ClN3O2. The van der Waals surface area contributed by atoms with E-state index in [1.807, 2.05) is 31.2 Å². The maximum atomic E-state index is 12.5. The predicted molar refractivity (Wildman–Crippen MR) is 109 cm³/mol. The van der Waals surface area contributed by atoms with Crippen LogP contribution in [0.1, 0.15) is 24.1 Å². The number of morpholine rings is 1. The highest BCUT2D eigenvalue weighted by Gasteiger charge is 2.16. The number of urea groups is 1. The maximum Gasteiger partial charge on any atom is 0.317 e. The molecule has 2 aromatic rings. The largest absolute Gasteiger partial charge is 0.378 e. The van der Waals surface area contributed by atoms with Gasteiger partial charge in [-0.15, -0.1) is 0 Å². The van der Waals surface area contributed by atoms with Crippen molar-refractivity contribution in [3.63, 3.8) is 0 Å². The molecular weight excluding hydrogens is 362 g/mol. The molecule has 6 heteroatoms. The van der Waals surface area contributed by atoms with Gasteiger partial charge in [0.05, 0.1) is 19.3 Å². The van der Waals surface area contributed by atoms with Crippen molar-refractivity contribution in [3.05, 3.63) is 64.7 Å². The standard InChI is InChI=1S/C21H26ClN3O2/c1-16(17-7-9-19(10-8-17)25-11-13-27-14-12-25)23-21(26)24(2)15-18-5-3-4-6-20(18)22/h3-10,16H,11-15H2,1-2H3,(H,23,26). The summed E-state index contributed by atoms with van der Waals surface area (Å²) in [5, 5.41) is 3.72. The molecule has 0 spiro atoms. The quantitative estimate of drug-likeness (QED) is 0.840. The summed E-state index contributed by atoms with van der Waals surface area (Å²) in [4.78, 5) is 16.5. The molecule has 0 bridgehead atoms. The fourth-order valence-electron chi connectivity index (χ4n) is 3.13. The highest BCUT2D eigenvalue weighted by Crippen LogP contribution is 2.21. The van der Waals surface area contributed by atoms with Gasteiger partial charge in [0, 0.05) is 37.4 Å². The Hall–Kier alpha value is -2.24. The van der Waals surface area contributed by atoms with E-state index in [9.17, 15) is 4.79 Å². The van der Waals surface area contributed by atoms with E-state index < -0.39 is 0 Å².